The predicted molar refractivity (Wildman–Crippen MR) is 129 cm³/mol. The van der Waals surface area contributed by atoms with Crippen LogP contribution in [0, 0.1) is 12.8 Å². The Kier molecular flexibility index (Phi) is 4.94. The Morgan fingerprint density at radius 3 is 2.61 bits per heavy atom. The third kappa shape index (κ3) is 3.55. The zero-order valence-corrected chi connectivity index (χ0v) is 19.7. The minimum atomic E-state index is -1.08. The van der Waals surface area contributed by atoms with Gasteiger partial charge in [0.1, 0.15) is 11.9 Å². The fourth-order valence-corrected chi connectivity index (χ4v) is 5.55. The van der Waals surface area contributed by atoms with Crippen LogP contribution in [0.2, 0.25) is 0 Å². The van der Waals surface area contributed by atoms with Gasteiger partial charge in [-0.1, -0.05) is 12.1 Å². The van der Waals surface area contributed by atoms with Crippen molar-refractivity contribution in [2.45, 2.75) is 57.3 Å². The van der Waals surface area contributed by atoms with Gasteiger partial charge in [0.2, 0.25) is 0 Å². The number of rotatable bonds is 2. The lowest BCUT2D eigenvalue weighted by molar-refractivity contribution is -0.134. The van der Waals surface area contributed by atoms with Crippen molar-refractivity contribution >= 4 is 17.6 Å². The van der Waals surface area contributed by atoms with E-state index in [1.54, 1.807) is 7.05 Å². The highest BCUT2D eigenvalue weighted by Crippen LogP contribution is 2.50. The van der Waals surface area contributed by atoms with Crippen LogP contribution in [0.5, 0.6) is 5.75 Å². The molecule has 2 aromatic carbocycles. The summed E-state index contributed by atoms with van der Waals surface area (Å²) in [5, 5.41) is 0. The highest BCUT2D eigenvalue weighted by atomic mass is 16.5. The molecular weight excluding hydrogens is 416 g/mol. The molecule has 1 spiro atoms. The second-order valence-corrected chi connectivity index (χ2v) is 10.2. The smallest absolute Gasteiger partial charge is 0.261 e. The van der Waals surface area contributed by atoms with Crippen LogP contribution in [0.3, 0.4) is 0 Å². The molecule has 174 valence electrons. The first kappa shape index (κ1) is 21.8. The zero-order chi connectivity index (χ0) is 23.5. The van der Waals surface area contributed by atoms with E-state index in [0.29, 0.717) is 24.5 Å². The third-order valence-corrected chi connectivity index (χ3v) is 7.34. The fraction of sp³-hybridized carbons (Fsp3) is 0.462. The number of nitrogens with zero attached hydrogens (tertiary/aromatic N) is 2. The van der Waals surface area contributed by atoms with Gasteiger partial charge in [0, 0.05) is 37.2 Å². The molecule has 0 aromatic heterocycles. The lowest BCUT2D eigenvalue weighted by Gasteiger charge is -2.44. The summed E-state index contributed by atoms with van der Waals surface area (Å²) < 4.78 is 12.5. The van der Waals surface area contributed by atoms with Crippen molar-refractivity contribution in [1.82, 2.24) is 4.90 Å². The lowest BCUT2D eigenvalue weighted by atomic mass is 9.74. The number of aryl methyl sites for hydroxylation is 1. The van der Waals surface area contributed by atoms with E-state index >= 15 is 0 Å². The van der Waals surface area contributed by atoms with Crippen molar-refractivity contribution in [3.8, 4) is 16.9 Å². The summed E-state index contributed by atoms with van der Waals surface area (Å²) in [5.41, 5.74) is 15.5. The van der Waals surface area contributed by atoms with Crippen LogP contribution in [0.15, 0.2) is 41.4 Å². The van der Waals surface area contributed by atoms with Crippen LogP contribution in [-0.4, -0.2) is 42.1 Å². The van der Waals surface area contributed by atoms with Gasteiger partial charge in [-0.25, -0.2) is 4.99 Å². The van der Waals surface area contributed by atoms with Gasteiger partial charge in [-0.05, 0) is 74.6 Å². The summed E-state index contributed by atoms with van der Waals surface area (Å²) in [7, 11) is 1.68. The molecule has 3 heterocycles. The number of fused-ring (bicyclic) bond motifs is 2. The first-order chi connectivity index (χ1) is 15.6. The summed E-state index contributed by atoms with van der Waals surface area (Å²) in [6.07, 6.45) is 2.08. The van der Waals surface area contributed by atoms with Crippen molar-refractivity contribution in [1.29, 1.82) is 0 Å². The first-order valence-electron chi connectivity index (χ1n) is 11.5. The highest BCUT2D eigenvalue weighted by Gasteiger charge is 2.55. The number of hydrogen-bond acceptors (Lipinski definition) is 6. The van der Waals surface area contributed by atoms with Crippen LogP contribution in [0.25, 0.3) is 11.1 Å². The molecule has 3 aliphatic heterocycles. The molecule has 7 nitrogen and oxygen atoms in total. The standard InChI is InChI=1S/C26H32N4O3/c1-15-5-7-18(27)12-19(15)16-6-8-21-20(11-16)26(23(31)30(4)24(28)29-26)14-22(33-21)17-9-10-32-25(2,3)13-17/h5-8,11-12,17,22H,9-10,13-14,27H2,1-4H3,(H2,28,29). The van der Waals surface area contributed by atoms with Crippen molar-refractivity contribution in [3.63, 3.8) is 0 Å². The molecule has 1 amide bonds. The monoisotopic (exact) mass is 448 g/mol. The van der Waals surface area contributed by atoms with E-state index < -0.39 is 5.54 Å². The molecule has 4 N–H and O–H groups in total. The second kappa shape index (κ2) is 7.48. The molecule has 3 atom stereocenters. The summed E-state index contributed by atoms with van der Waals surface area (Å²) in [6, 6.07) is 11.9. The van der Waals surface area contributed by atoms with Gasteiger partial charge in [0.25, 0.3) is 5.91 Å². The molecule has 2 aromatic rings. The van der Waals surface area contributed by atoms with Crippen LogP contribution in [0.1, 0.15) is 44.2 Å². The summed E-state index contributed by atoms with van der Waals surface area (Å²) in [4.78, 5) is 19.8. The van der Waals surface area contributed by atoms with E-state index in [2.05, 4.69) is 13.8 Å². The van der Waals surface area contributed by atoms with E-state index in [1.807, 2.05) is 43.3 Å². The summed E-state index contributed by atoms with van der Waals surface area (Å²) in [5.74, 6) is 1.09. The lowest BCUT2D eigenvalue weighted by Crippen LogP contribution is -2.49. The van der Waals surface area contributed by atoms with Crippen LogP contribution in [-0.2, 0) is 15.1 Å². The number of ether oxygens (including phenoxy) is 2. The van der Waals surface area contributed by atoms with Crippen LogP contribution < -0.4 is 16.2 Å². The number of benzene rings is 2. The Labute approximate surface area is 194 Å². The number of nitrogens with two attached hydrogens (primary N) is 2. The molecule has 0 bridgehead atoms. The van der Waals surface area contributed by atoms with Crippen molar-refractivity contribution < 1.29 is 14.3 Å². The number of carbonyl (C=O) groups is 1. The number of likely N-dealkylation sites (N-methyl/N-ethyl adjacent to an activating group) is 1. The average Bonchev–Trinajstić information content (AvgIpc) is 2.98. The molecule has 7 heteroatoms. The first-order valence-corrected chi connectivity index (χ1v) is 11.5. The molecular formula is C26H32N4O3. The van der Waals surface area contributed by atoms with Gasteiger partial charge in [-0.3, -0.25) is 9.69 Å². The van der Waals surface area contributed by atoms with Crippen molar-refractivity contribution in [2.75, 3.05) is 19.4 Å². The normalized spacial score (nSPS) is 28.4. The molecule has 33 heavy (non-hydrogen) atoms. The van der Waals surface area contributed by atoms with Gasteiger partial charge < -0.3 is 20.9 Å². The topological polar surface area (TPSA) is 103 Å². The molecule has 0 saturated carbocycles. The van der Waals surface area contributed by atoms with Crippen LogP contribution >= 0.6 is 0 Å². The third-order valence-electron chi connectivity index (χ3n) is 7.34. The predicted octanol–water partition coefficient (Wildman–Crippen LogP) is 3.58. The maximum absolute atomic E-state index is 13.6. The molecule has 3 aliphatic rings. The molecule has 1 fully saturated rings. The average molecular weight is 449 g/mol. The number of guanidine groups is 1. The van der Waals surface area contributed by atoms with E-state index in [-0.39, 0.29) is 29.5 Å². The van der Waals surface area contributed by atoms with Gasteiger partial charge in [-0.2, -0.15) is 0 Å². The fourth-order valence-electron chi connectivity index (χ4n) is 5.55. The Balaban J connectivity index is 1.62. The van der Waals surface area contributed by atoms with E-state index in [0.717, 1.165) is 35.1 Å². The van der Waals surface area contributed by atoms with Crippen molar-refractivity contribution in [2.24, 2.45) is 16.6 Å². The molecule has 5 rings (SSSR count). The van der Waals surface area contributed by atoms with Gasteiger partial charge >= 0.3 is 0 Å². The minimum Gasteiger partial charge on any atom is -0.490 e. The van der Waals surface area contributed by atoms with Gasteiger partial charge in [0.05, 0.1) is 5.60 Å². The molecule has 1 saturated heterocycles. The number of nitrogen functional groups attached to an aromatic ring is 1. The SMILES string of the molecule is Cc1ccc(N)cc1-c1ccc2c(c1)C1(CC(C3CCOC(C)(C)C3)O2)N=C(N)N(C)C1=O. The number of hydrogen-bond donors (Lipinski definition) is 2. The van der Waals surface area contributed by atoms with E-state index in [9.17, 15) is 4.79 Å². The minimum absolute atomic E-state index is 0.109. The van der Waals surface area contributed by atoms with E-state index in [4.69, 9.17) is 25.9 Å². The quantitative estimate of drug-likeness (QED) is 0.684. The number of anilines is 1. The Bertz CT molecular complexity index is 1160. The van der Waals surface area contributed by atoms with Crippen LogP contribution in [0.4, 0.5) is 5.69 Å². The van der Waals surface area contributed by atoms with E-state index in [1.165, 1.54) is 4.90 Å². The molecule has 0 radical (unpaired) electrons. The molecule has 3 unspecified atom stereocenters. The van der Waals surface area contributed by atoms with Gasteiger partial charge in [0.15, 0.2) is 11.5 Å². The number of amides is 1. The Morgan fingerprint density at radius 2 is 1.91 bits per heavy atom. The Morgan fingerprint density at radius 1 is 1.12 bits per heavy atom. The summed E-state index contributed by atoms with van der Waals surface area (Å²) in [6.45, 7) is 6.95. The second-order valence-electron chi connectivity index (χ2n) is 10.2. The number of aliphatic imine (C=N–C) groups is 1. The maximum atomic E-state index is 13.6. The summed E-state index contributed by atoms with van der Waals surface area (Å²) >= 11 is 0. The highest BCUT2D eigenvalue weighted by molar-refractivity contribution is 6.07. The zero-order valence-electron chi connectivity index (χ0n) is 19.7. The van der Waals surface area contributed by atoms with Gasteiger partial charge in [-0.15, -0.1) is 0 Å². The number of carbonyl (C=O) groups excluding carboxylic acids is 1. The largest absolute Gasteiger partial charge is 0.490 e. The Hall–Kier alpha value is -3.06. The molecule has 0 aliphatic carbocycles. The maximum Gasteiger partial charge on any atom is 0.261 e. The van der Waals surface area contributed by atoms with Crippen molar-refractivity contribution in [3.05, 3.63) is 47.5 Å².